The highest BCUT2D eigenvalue weighted by Crippen LogP contribution is 2.03. The molecule has 1 amide bonds. The molecule has 0 fully saturated rings. The topological polar surface area (TPSA) is 55.4 Å². The lowest BCUT2D eigenvalue weighted by atomic mass is 10.1. The van der Waals surface area contributed by atoms with E-state index in [9.17, 15) is 9.59 Å². The molecule has 4 heteroatoms. The molecule has 0 aliphatic rings. The lowest BCUT2D eigenvalue weighted by Crippen LogP contribution is -2.37. The number of benzene rings is 1. The summed E-state index contributed by atoms with van der Waals surface area (Å²) in [5.41, 5.74) is 0.877. The van der Waals surface area contributed by atoms with E-state index < -0.39 is 12.1 Å². The average molecular weight is 263 g/mol. The Balaban J connectivity index is 2.37. The Hall–Kier alpha value is -1.84. The molecule has 0 saturated carbocycles. The number of carbonyl (C=O) groups is 2. The fourth-order valence-electron chi connectivity index (χ4n) is 1.50. The third-order valence-corrected chi connectivity index (χ3v) is 2.55. The summed E-state index contributed by atoms with van der Waals surface area (Å²) in [6, 6.07) is 9.31. The van der Waals surface area contributed by atoms with Gasteiger partial charge in [0.25, 0.3) is 5.91 Å². The molecule has 1 atom stereocenters. The summed E-state index contributed by atoms with van der Waals surface area (Å²) in [6.45, 7) is 6.18. The van der Waals surface area contributed by atoms with Crippen molar-refractivity contribution < 1.29 is 14.3 Å². The summed E-state index contributed by atoms with van der Waals surface area (Å²) in [4.78, 5) is 23.3. The SMILES string of the molecule is CC(C)CNC(=O)C(C)OC(=O)Cc1ccccc1. The van der Waals surface area contributed by atoms with E-state index in [2.05, 4.69) is 5.32 Å². The summed E-state index contributed by atoms with van der Waals surface area (Å²) in [5.74, 6) is -0.273. The van der Waals surface area contributed by atoms with Gasteiger partial charge >= 0.3 is 5.97 Å². The van der Waals surface area contributed by atoms with Crippen LogP contribution in [0.2, 0.25) is 0 Å². The second-order valence-corrected chi connectivity index (χ2v) is 4.93. The van der Waals surface area contributed by atoms with Crippen molar-refractivity contribution in [1.29, 1.82) is 0 Å². The minimum Gasteiger partial charge on any atom is -0.452 e. The molecular weight excluding hydrogens is 242 g/mol. The molecule has 104 valence electrons. The molecule has 1 rings (SSSR count). The zero-order valence-corrected chi connectivity index (χ0v) is 11.7. The number of hydrogen-bond donors (Lipinski definition) is 1. The van der Waals surface area contributed by atoms with Gasteiger partial charge in [-0.05, 0) is 18.4 Å². The molecule has 19 heavy (non-hydrogen) atoms. The van der Waals surface area contributed by atoms with Gasteiger partial charge in [0.15, 0.2) is 6.10 Å². The lowest BCUT2D eigenvalue weighted by molar-refractivity contribution is -0.154. The summed E-state index contributed by atoms with van der Waals surface area (Å²) in [5, 5.41) is 2.73. The molecule has 0 radical (unpaired) electrons. The number of hydrogen-bond acceptors (Lipinski definition) is 3. The molecular formula is C15H21NO3. The van der Waals surface area contributed by atoms with Gasteiger partial charge in [0, 0.05) is 6.54 Å². The standard InChI is InChI=1S/C15H21NO3/c1-11(2)10-16-15(18)12(3)19-14(17)9-13-7-5-4-6-8-13/h4-8,11-12H,9-10H2,1-3H3,(H,16,18). The predicted molar refractivity (Wildman–Crippen MR) is 73.5 cm³/mol. The Morgan fingerprint density at radius 2 is 1.79 bits per heavy atom. The quantitative estimate of drug-likeness (QED) is 0.798. The molecule has 0 bridgehead atoms. The Bertz CT molecular complexity index is 415. The van der Waals surface area contributed by atoms with Gasteiger partial charge in [0.2, 0.25) is 0 Å². The second kappa shape index (κ2) is 7.56. The molecule has 1 unspecified atom stereocenters. The minimum absolute atomic E-state index is 0.183. The van der Waals surface area contributed by atoms with Crippen molar-refractivity contribution in [3.63, 3.8) is 0 Å². The van der Waals surface area contributed by atoms with Crippen molar-refractivity contribution in [3.05, 3.63) is 35.9 Å². The number of ether oxygens (including phenoxy) is 1. The van der Waals surface area contributed by atoms with Crippen LogP contribution in [0.5, 0.6) is 0 Å². The van der Waals surface area contributed by atoms with Crippen LogP contribution in [-0.2, 0) is 20.7 Å². The van der Waals surface area contributed by atoms with Gasteiger partial charge in [0.05, 0.1) is 6.42 Å². The highest BCUT2D eigenvalue weighted by atomic mass is 16.5. The fourth-order valence-corrected chi connectivity index (χ4v) is 1.50. The molecule has 0 aliphatic heterocycles. The Morgan fingerprint density at radius 1 is 1.16 bits per heavy atom. The molecule has 0 aliphatic carbocycles. The molecule has 0 spiro atoms. The van der Waals surface area contributed by atoms with Gasteiger partial charge in [-0.3, -0.25) is 9.59 Å². The van der Waals surface area contributed by atoms with E-state index in [1.165, 1.54) is 0 Å². The summed E-state index contributed by atoms with van der Waals surface area (Å²) >= 11 is 0. The van der Waals surface area contributed by atoms with Crippen molar-refractivity contribution in [2.45, 2.75) is 33.3 Å². The first-order valence-corrected chi connectivity index (χ1v) is 6.50. The second-order valence-electron chi connectivity index (χ2n) is 4.93. The number of nitrogens with one attached hydrogen (secondary N) is 1. The first-order chi connectivity index (χ1) is 8.99. The minimum atomic E-state index is -0.755. The summed E-state index contributed by atoms with van der Waals surface area (Å²) in [7, 11) is 0. The van der Waals surface area contributed by atoms with Gasteiger partial charge in [-0.1, -0.05) is 44.2 Å². The van der Waals surface area contributed by atoms with E-state index in [-0.39, 0.29) is 12.3 Å². The summed E-state index contributed by atoms with van der Waals surface area (Å²) < 4.78 is 5.10. The lowest BCUT2D eigenvalue weighted by Gasteiger charge is -2.14. The van der Waals surface area contributed by atoms with Crippen molar-refractivity contribution in [2.75, 3.05) is 6.54 Å². The maximum absolute atomic E-state index is 11.7. The van der Waals surface area contributed by atoms with Crippen LogP contribution in [-0.4, -0.2) is 24.5 Å². The van der Waals surface area contributed by atoms with E-state index in [1.54, 1.807) is 6.92 Å². The largest absolute Gasteiger partial charge is 0.452 e. The monoisotopic (exact) mass is 263 g/mol. The number of amides is 1. The highest BCUT2D eigenvalue weighted by molar-refractivity contribution is 5.83. The Morgan fingerprint density at radius 3 is 2.37 bits per heavy atom. The fraction of sp³-hybridized carbons (Fsp3) is 0.467. The zero-order valence-electron chi connectivity index (χ0n) is 11.7. The molecule has 0 heterocycles. The summed E-state index contributed by atoms with van der Waals surface area (Å²) in [6.07, 6.45) is -0.571. The Kier molecular flexibility index (Phi) is 6.06. The van der Waals surface area contributed by atoms with Crippen molar-refractivity contribution >= 4 is 11.9 Å². The molecule has 0 saturated heterocycles. The van der Waals surface area contributed by atoms with Crippen molar-refractivity contribution in [1.82, 2.24) is 5.32 Å². The average Bonchev–Trinajstić information content (AvgIpc) is 2.36. The van der Waals surface area contributed by atoms with E-state index in [0.717, 1.165) is 5.56 Å². The van der Waals surface area contributed by atoms with E-state index >= 15 is 0 Å². The predicted octanol–water partition coefficient (Wildman–Crippen LogP) is 1.93. The van der Waals surface area contributed by atoms with E-state index in [0.29, 0.717) is 12.5 Å². The van der Waals surface area contributed by atoms with Crippen LogP contribution >= 0.6 is 0 Å². The highest BCUT2D eigenvalue weighted by Gasteiger charge is 2.17. The van der Waals surface area contributed by atoms with Crippen LogP contribution in [0.1, 0.15) is 26.3 Å². The van der Waals surface area contributed by atoms with Crippen LogP contribution in [0.15, 0.2) is 30.3 Å². The van der Waals surface area contributed by atoms with Gasteiger partial charge in [0.1, 0.15) is 0 Å². The molecule has 1 aromatic carbocycles. The van der Waals surface area contributed by atoms with Gasteiger partial charge < -0.3 is 10.1 Å². The van der Waals surface area contributed by atoms with Crippen LogP contribution in [0.3, 0.4) is 0 Å². The van der Waals surface area contributed by atoms with Crippen molar-refractivity contribution in [2.24, 2.45) is 5.92 Å². The smallest absolute Gasteiger partial charge is 0.311 e. The molecule has 0 aromatic heterocycles. The number of carbonyl (C=O) groups excluding carboxylic acids is 2. The van der Waals surface area contributed by atoms with Gasteiger partial charge in [-0.15, -0.1) is 0 Å². The van der Waals surface area contributed by atoms with E-state index in [4.69, 9.17) is 4.74 Å². The maximum Gasteiger partial charge on any atom is 0.311 e. The van der Waals surface area contributed by atoms with Crippen LogP contribution in [0, 0.1) is 5.92 Å². The van der Waals surface area contributed by atoms with Gasteiger partial charge in [-0.2, -0.15) is 0 Å². The van der Waals surface area contributed by atoms with Crippen LogP contribution in [0.25, 0.3) is 0 Å². The maximum atomic E-state index is 11.7. The first-order valence-electron chi connectivity index (χ1n) is 6.50. The van der Waals surface area contributed by atoms with Crippen LogP contribution < -0.4 is 5.32 Å². The molecule has 1 aromatic rings. The normalized spacial score (nSPS) is 12.0. The van der Waals surface area contributed by atoms with E-state index in [1.807, 2.05) is 44.2 Å². The number of esters is 1. The third kappa shape index (κ3) is 6.04. The van der Waals surface area contributed by atoms with Crippen LogP contribution in [0.4, 0.5) is 0 Å². The van der Waals surface area contributed by atoms with Crippen molar-refractivity contribution in [3.8, 4) is 0 Å². The number of rotatable bonds is 6. The first kappa shape index (κ1) is 15.2. The zero-order chi connectivity index (χ0) is 14.3. The molecule has 1 N–H and O–H groups in total. The van der Waals surface area contributed by atoms with Gasteiger partial charge in [-0.25, -0.2) is 0 Å². The third-order valence-electron chi connectivity index (χ3n) is 2.55. The Labute approximate surface area is 114 Å². The molecule has 4 nitrogen and oxygen atoms in total.